The van der Waals surface area contributed by atoms with Crippen molar-refractivity contribution in [2.75, 3.05) is 18.9 Å². The SMILES string of the molecule is Nc1cc(Br)cc(Br)c1S(=O)(=O)NCC1CCCC1CO. The van der Waals surface area contributed by atoms with Gasteiger partial charge in [0, 0.05) is 22.1 Å². The van der Waals surface area contributed by atoms with E-state index in [2.05, 4.69) is 36.6 Å². The Bertz CT molecular complexity index is 599. The summed E-state index contributed by atoms with van der Waals surface area (Å²) in [5.74, 6) is 0.360. The summed E-state index contributed by atoms with van der Waals surface area (Å²) in [6, 6.07) is 3.21. The van der Waals surface area contributed by atoms with Crippen molar-refractivity contribution in [2.45, 2.75) is 24.2 Å². The van der Waals surface area contributed by atoms with Crippen LogP contribution in [0, 0.1) is 11.8 Å². The summed E-state index contributed by atoms with van der Waals surface area (Å²) in [5, 5.41) is 9.29. The Labute approximate surface area is 141 Å². The van der Waals surface area contributed by atoms with Gasteiger partial charge >= 0.3 is 0 Å². The van der Waals surface area contributed by atoms with Gasteiger partial charge < -0.3 is 10.8 Å². The van der Waals surface area contributed by atoms with Gasteiger partial charge in [-0.15, -0.1) is 0 Å². The van der Waals surface area contributed by atoms with Crippen LogP contribution < -0.4 is 10.5 Å². The number of hydrogen-bond acceptors (Lipinski definition) is 4. The van der Waals surface area contributed by atoms with Crippen LogP contribution in [0.3, 0.4) is 0 Å². The molecule has 5 nitrogen and oxygen atoms in total. The van der Waals surface area contributed by atoms with Crippen LogP contribution in [-0.4, -0.2) is 26.7 Å². The van der Waals surface area contributed by atoms with Gasteiger partial charge in [-0.05, 0) is 52.7 Å². The Balaban J connectivity index is 2.16. The molecule has 0 spiro atoms. The standard InChI is InChI=1S/C13H18Br2N2O3S/c14-10-4-11(15)13(12(16)5-10)21(19,20)17-6-8-2-1-3-9(8)7-18/h4-5,8-9,17-18H,1-3,6-7,16H2. The molecule has 0 bridgehead atoms. The molecule has 2 unspecified atom stereocenters. The molecule has 0 aromatic heterocycles. The lowest BCUT2D eigenvalue weighted by Crippen LogP contribution is -2.32. The third-order valence-corrected chi connectivity index (χ3v) is 6.78. The van der Waals surface area contributed by atoms with Gasteiger partial charge in [-0.1, -0.05) is 22.4 Å². The van der Waals surface area contributed by atoms with Crippen LogP contribution in [0.5, 0.6) is 0 Å². The minimum atomic E-state index is -3.68. The molecule has 1 aliphatic rings. The molecule has 1 aliphatic carbocycles. The molecule has 118 valence electrons. The number of anilines is 1. The van der Waals surface area contributed by atoms with Crippen LogP contribution in [0.15, 0.2) is 26.0 Å². The molecule has 0 aliphatic heterocycles. The highest BCUT2D eigenvalue weighted by Crippen LogP contribution is 2.33. The third-order valence-electron chi connectivity index (χ3n) is 3.89. The lowest BCUT2D eigenvalue weighted by atomic mass is 9.97. The summed E-state index contributed by atoms with van der Waals surface area (Å²) < 4.78 is 28.6. The molecular formula is C13H18Br2N2O3S. The van der Waals surface area contributed by atoms with E-state index < -0.39 is 10.0 Å². The highest BCUT2D eigenvalue weighted by atomic mass is 79.9. The van der Waals surface area contributed by atoms with Crippen LogP contribution >= 0.6 is 31.9 Å². The minimum absolute atomic E-state index is 0.0595. The molecule has 1 fully saturated rings. The number of halogens is 2. The van der Waals surface area contributed by atoms with Crippen molar-refractivity contribution in [1.29, 1.82) is 0 Å². The monoisotopic (exact) mass is 440 g/mol. The van der Waals surface area contributed by atoms with Gasteiger partial charge in [0.25, 0.3) is 0 Å². The first-order chi connectivity index (χ1) is 9.85. The summed E-state index contributed by atoms with van der Waals surface area (Å²) in [6.07, 6.45) is 2.92. The summed E-state index contributed by atoms with van der Waals surface area (Å²) in [7, 11) is -3.68. The van der Waals surface area contributed by atoms with E-state index in [4.69, 9.17) is 5.73 Å². The second-order valence-electron chi connectivity index (χ2n) is 5.29. The molecule has 1 saturated carbocycles. The van der Waals surface area contributed by atoms with Crippen molar-refractivity contribution in [3.63, 3.8) is 0 Å². The number of aliphatic hydroxyl groups excluding tert-OH is 1. The Hall–Kier alpha value is -0.150. The molecule has 4 N–H and O–H groups in total. The average molecular weight is 442 g/mol. The molecule has 1 aromatic rings. The fourth-order valence-electron chi connectivity index (χ4n) is 2.78. The predicted molar refractivity (Wildman–Crippen MR) is 89.4 cm³/mol. The third kappa shape index (κ3) is 3.98. The van der Waals surface area contributed by atoms with E-state index in [0.29, 0.717) is 15.5 Å². The van der Waals surface area contributed by atoms with E-state index in [-0.39, 0.29) is 29.0 Å². The highest BCUT2D eigenvalue weighted by Gasteiger charge is 2.29. The maximum Gasteiger partial charge on any atom is 0.243 e. The quantitative estimate of drug-likeness (QED) is 0.612. The smallest absolute Gasteiger partial charge is 0.243 e. The molecule has 21 heavy (non-hydrogen) atoms. The number of aliphatic hydroxyl groups is 1. The van der Waals surface area contributed by atoms with E-state index >= 15 is 0 Å². The fourth-order valence-corrected chi connectivity index (χ4v) is 5.94. The Kier molecular flexibility index (Phi) is 5.70. The summed E-state index contributed by atoms with van der Waals surface area (Å²) in [5.41, 5.74) is 6.02. The first-order valence-electron chi connectivity index (χ1n) is 6.70. The molecule has 0 heterocycles. The fraction of sp³-hybridized carbons (Fsp3) is 0.538. The van der Waals surface area contributed by atoms with Crippen LogP contribution in [-0.2, 0) is 10.0 Å². The van der Waals surface area contributed by atoms with E-state index in [0.717, 1.165) is 19.3 Å². The number of nitrogens with one attached hydrogen (secondary N) is 1. The van der Waals surface area contributed by atoms with Crippen LogP contribution in [0.25, 0.3) is 0 Å². The minimum Gasteiger partial charge on any atom is -0.398 e. The molecular weight excluding hydrogens is 424 g/mol. The number of nitrogen functional groups attached to an aromatic ring is 1. The van der Waals surface area contributed by atoms with E-state index in [1.165, 1.54) is 0 Å². The first-order valence-corrected chi connectivity index (χ1v) is 9.77. The van der Waals surface area contributed by atoms with Crippen molar-refractivity contribution >= 4 is 47.6 Å². The first kappa shape index (κ1) is 17.2. The van der Waals surface area contributed by atoms with Crippen molar-refractivity contribution in [1.82, 2.24) is 4.72 Å². The normalized spacial score (nSPS) is 22.6. The molecule has 0 amide bonds. The zero-order valence-electron chi connectivity index (χ0n) is 11.4. The number of benzene rings is 1. The van der Waals surface area contributed by atoms with Gasteiger partial charge in [0.05, 0.1) is 5.69 Å². The van der Waals surface area contributed by atoms with Crippen LogP contribution in [0.1, 0.15) is 19.3 Å². The average Bonchev–Trinajstić information content (AvgIpc) is 2.82. The number of sulfonamides is 1. The zero-order valence-corrected chi connectivity index (χ0v) is 15.3. The molecule has 2 atom stereocenters. The van der Waals surface area contributed by atoms with Gasteiger partial charge in [-0.3, -0.25) is 0 Å². The Morgan fingerprint density at radius 2 is 1.95 bits per heavy atom. The molecule has 0 saturated heterocycles. The Morgan fingerprint density at radius 1 is 1.29 bits per heavy atom. The van der Waals surface area contributed by atoms with E-state index in [1.54, 1.807) is 12.1 Å². The number of hydrogen-bond donors (Lipinski definition) is 3. The van der Waals surface area contributed by atoms with Crippen LogP contribution in [0.4, 0.5) is 5.69 Å². The second kappa shape index (κ2) is 6.95. The van der Waals surface area contributed by atoms with Crippen molar-refractivity contribution in [3.8, 4) is 0 Å². The van der Waals surface area contributed by atoms with Gasteiger partial charge in [-0.2, -0.15) is 0 Å². The lowest BCUT2D eigenvalue weighted by molar-refractivity contribution is 0.195. The predicted octanol–water partition coefficient (Wildman–Crippen LogP) is 2.48. The van der Waals surface area contributed by atoms with Gasteiger partial charge in [0.1, 0.15) is 4.90 Å². The van der Waals surface area contributed by atoms with Crippen molar-refractivity contribution in [3.05, 3.63) is 21.1 Å². The van der Waals surface area contributed by atoms with Crippen molar-refractivity contribution in [2.24, 2.45) is 11.8 Å². The van der Waals surface area contributed by atoms with Gasteiger partial charge in [-0.25, -0.2) is 13.1 Å². The zero-order chi connectivity index (χ0) is 15.6. The van der Waals surface area contributed by atoms with Gasteiger partial charge in [0.2, 0.25) is 10.0 Å². The van der Waals surface area contributed by atoms with Crippen molar-refractivity contribution < 1.29 is 13.5 Å². The number of nitrogens with two attached hydrogens (primary N) is 1. The molecule has 8 heteroatoms. The van der Waals surface area contributed by atoms with E-state index in [9.17, 15) is 13.5 Å². The maximum absolute atomic E-state index is 12.4. The molecule has 0 radical (unpaired) electrons. The summed E-state index contributed by atoms with van der Waals surface area (Å²) in [4.78, 5) is 0.0595. The highest BCUT2D eigenvalue weighted by molar-refractivity contribution is 9.11. The topological polar surface area (TPSA) is 92.4 Å². The molecule has 2 rings (SSSR count). The van der Waals surface area contributed by atoms with Gasteiger partial charge in [0.15, 0.2) is 0 Å². The summed E-state index contributed by atoms with van der Waals surface area (Å²) in [6.45, 7) is 0.437. The van der Waals surface area contributed by atoms with Crippen LogP contribution in [0.2, 0.25) is 0 Å². The number of rotatable bonds is 5. The second-order valence-corrected chi connectivity index (χ2v) is 8.77. The molecule has 1 aromatic carbocycles. The lowest BCUT2D eigenvalue weighted by Gasteiger charge is -2.18. The maximum atomic E-state index is 12.4. The Morgan fingerprint density at radius 3 is 2.57 bits per heavy atom. The van der Waals surface area contributed by atoms with E-state index in [1.807, 2.05) is 0 Å². The largest absolute Gasteiger partial charge is 0.398 e. The summed E-state index contributed by atoms with van der Waals surface area (Å²) >= 11 is 6.51.